The van der Waals surface area contributed by atoms with Crippen LogP contribution in [0.2, 0.25) is 0 Å². The largest absolute Gasteiger partial charge is 0.493 e. The minimum Gasteiger partial charge on any atom is -0.493 e. The topological polar surface area (TPSA) is 117 Å². The van der Waals surface area contributed by atoms with Crippen LogP contribution in [0, 0.1) is 0 Å². The molecule has 1 fully saturated rings. The van der Waals surface area contributed by atoms with Crippen LogP contribution in [0.15, 0.2) is 54.6 Å². The molecule has 3 aromatic carbocycles. The highest BCUT2D eigenvalue weighted by molar-refractivity contribution is 5.91. The lowest BCUT2D eigenvalue weighted by Crippen LogP contribution is -2.52. The summed E-state index contributed by atoms with van der Waals surface area (Å²) in [6.45, 7) is 5.82. The molecule has 0 radical (unpaired) electrons. The molecule has 1 saturated heterocycles. The summed E-state index contributed by atoms with van der Waals surface area (Å²) in [5, 5.41) is 0. The molecule has 1 unspecified atom stereocenters. The van der Waals surface area contributed by atoms with Crippen LogP contribution in [-0.2, 0) is 38.4 Å². The lowest BCUT2D eigenvalue weighted by atomic mass is 9.86. The van der Waals surface area contributed by atoms with E-state index in [1.54, 1.807) is 49.8 Å². The molecule has 3 aromatic rings. The Labute approximate surface area is 343 Å². The van der Waals surface area contributed by atoms with Gasteiger partial charge in [0.15, 0.2) is 34.5 Å². The third kappa shape index (κ3) is 10.5. The lowest BCUT2D eigenvalue weighted by Gasteiger charge is -2.46. The highest BCUT2D eigenvalue weighted by Gasteiger charge is 2.40. The van der Waals surface area contributed by atoms with E-state index < -0.39 is 11.9 Å². The molecule has 2 aliphatic rings. The van der Waals surface area contributed by atoms with Gasteiger partial charge in [-0.1, -0.05) is 6.07 Å². The molecule has 316 valence electrons. The van der Waals surface area contributed by atoms with Crippen molar-refractivity contribution in [3.8, 4) is 40.2 Å². The summed E-state index contributed by atoms with van der Waals surface area (Å²) in [5.41, 5.74) is 4.60. The second-order valence-electron chi connectivity index (χ2n) is 15.2. The van der Waals surface area contributed by atoms with Crippen LogP contribution in [0.25, 0.3) is 0 Å². The number of ether oxygens (including phenoxy) is 9. The van der Waals surface area contributed by atoms with Gasteiger partial charge in [0.2, 0.25) is 5.75 Å². The molecular weight excluding hydrogens is 744 g/mol. The Balaban J connectivity index is 1.13. The van der Waals surface area contributed by atoms with E-state index >= 15 is 0 Å². The maximum absolute atomic E-state index is 12.6. The molecule has 58 heavy (non-hydrogen) atoms. The van der Waals surface area contributed by atoms with Gasteiger partial charge in [-0.25, -0.2) is 9.59 Å². The van der Waals surface area contributed by atoms with Gasteiger partial charge in [-0.15, -0.1) is 0 Å². The molecule has 5 rings (SSSR count). The summed E-state index contributed by atoms with van der Waals surface area (Å²) >= 11 is 0. The third-order valence-corrected chi connectivity index (χ3v) is 11.8. The Hall–Kier alpha value is -5.14. The van der Waals surface area contributed by atoms with Gasteiger partial charge in [-0.05, 0) is 47.5 Å². The van der Waals surface area contributed by atoms with E-state index in [9.17, 15) is 9.59 Å². The monoisotopic (exact) mass is 806 g/mol. The number of esters is 2. The number of carbonyl (C=O) groups excluding carboxylic acids is 2. The summed E-state index contributed by atoms with van der Waals surface area (Å²) in [5.74, 6) is 3.51. The van der Waals surface area contributed by atoms with Gasteiger partial charge >= 0.3 is 11.9 Å². The van der Waals surface area contributed by atoms with Crippen LogP contribution in [0.1, 0.15) is 54.0 Å². The SMILES string of the molecule is COc1ccc(C[C@@H]2c3cc(OC)c(OC)cc3CC[N+]2(C)CCCOC(=O)/C=C\C(=O)OCCC[N+]2(Cc3ccc(OC)c(OC)c3OC)CCCC2)cc1OC. The second-order valence-corrected chi connectivity index (χ2v) is 15.2. The van der Waals surface area contributed by atoms with Gasteiger partial charge in [-0.3, -0.25) is 0 Å². The van der Waals surface area contributed by atoms with E-state index in [1.165, 1.54) is 11.1 Å². The van der Waals surface area contributed by atoms with E-state index in [0.717, 1.165) is 97.2 Å². The Morgan fingerprint density at radius 1 is 0.638 bits per heavy atom. The highest BCUT2D eigenvalue weighted by atomic mass is 16.5. The predicted octanol–water partition coefficient (Wildman–Crippen LogP) is 6.27. The zero-order valence-electron chi connectivity index (χ0n) is 35.6. The Kier molecular flexibility index (Phi) is 15.6. The first-order valence-corrected chi connectivity index (χ1v) is 20.0. The van der Waals surface area contributed by atoms with Gasteiger partial charge in [0.25, 0.3) is 0 Å². The minimum atomic E-state index is -0.576. The highest BCUT2D eigenvalue weighted by Crippen LogP contribution is 2.44. The van der Waals surface area contributed by atoms with Crippen molar-refractivity contribution in [1.82, 2.24) is 0 Å². The van der Waals surface area contributed by atoms with E-state index in [2.05, 4.69) is 25.2 Å². The molecule has 0 saturated carbocycles. The third-order valence-electron chi connectivity index (χ3n) is 11.8. The number of likely N-dealkylation sites (N-methyl/N-ethyl adjacent to an activating group) is 1. The Morgan fingerprint density at radius 3 is 1.81 bits per heavy atom. The smallest absolute Gasteiger partial charge is 0.331 e. The first-order valence-electron chi connectivity index (χ1n) is 20.0. The summed E-state index contributed by atoms with van der Waals surface area (Å²) in [6.07, 6.45) is 7.51. The van der Waals surface area contributed by atoms with Gasteiger partial charge in [0.1, 0.15) is 12.6 Å². The predicted molar refractivity (Wildman–Crippen MR) is 219 cm³/mol. The number of likely N-dealkylation sites (tertiary alicyclic amines) is 1. The van der Waals surface area contributed by atoms with E-state index in [-0.39, 0.29) is 19.3 Å². The average Bonchev–Trinajstić information content (AvgIpc) is 3.71. The number of quaternary nitrogens is 2. The number of nitrogens with zero attached hydrogens (tertiary/aromatic N) is 2. The standard InChI is InChI=1S/C45H62N2O11/c1-46(24-19-33-29-40(53-5)41(54-6)30-35(33)36(46)27-32-13-15-37(50-2)39(28-32)52-4)20-11-25-57-42(48)17-18-43(49)58-26-12-23-47(21-9-10-22-47)31-34-14-16-38(51-3)45(56-8)44(34)55-7/h13-18,28-30,36H,9-12,19-27,31H2,1-8H3/q+2/b18-17-/t36-,46?/m1/s1. The van der Waals surface area contributed by atoms with E-state index in [4.69, 9.17) is 42.6 Å². The van der Waals surface area contributed by atoms with Crippen molar-refractivity contribution in [3.63, 3.8) is 0 Å². The summed E-state index contributed by atoms with van der Waals surface area (Å²) in [6, 6.07) is 14.3. The van der Waals surface area contributed by atoms with Crippen molar-refractivity contribution in [2.24, 2.45) is 0 Å². The van der Waals surface area contributed by atoms with Crippen molar-refractivity contribution < 1.29 is 61.2 Å². The fraction of sp³-hybridized carbons (Fsp3) is 0.511. The Morgan fingerprint density at radius 2 is 1.21 bits per heavy atom. The van der Waals surface area contributed by atoms with Crippen molar-refractivity contribution in [2.75, 3.05) is 103 Å². The molecule has 2 heterocycles. The number of carbonyl (C=O) groups is 2. The molecule has 2 aliphatic heterocycles. The number of hydrogen-bond donors (Lipinski definition) is 0. The van der Waals surface area contributed by atoms with Gasteiger partial charge in [-0.2, -0.15) is 0 Å². The number of methoxy groups -OCH3 is 7. The zero-order valence-corrected chi connectivity index (χ0v) is 35.6. The fourth-order valence-electron chi connectivity index (χ4n) is 8.68. The van der Waals surface area contributed by atoms with Crippen LogP contribution in [0.3, 0.4) is 0 Å². The maximum Gasteiger partial charge on any atom is 0.331 e. The number of rotatable bonds is 21. The summed E-state index contributed by atoms with van der Waals surface area (Å²) in [7, 11) is 13.7. The van der Waals surface area contributed by atoms with Crippen LogP contribution in [0.4, 0.5) is 0 Å². The second kappa shape index (κ2) is 20.5. The van der Waals surface area contributed by atoms with Crippen molar-refractivity contribution in [3.05, 3.63) is 76.9 Å². The van der Waals surface area contributed by atoms with Crippen LogP contribution >= 0.6 is 0 Å². The molecular formula is C45H62N2O11+2. The van der Waals surface area contributed by atoms with Gasteiger partial charge in [0.05, 0.1) is 108 Å². The van der Waals surface area contributed by atoms with Crippen LogP contribution in [-0.4, -0.2) is 124 Å². The summed E-state index contributed by atoms with van der Waals surface area (Å²) in [4.78, 5) is 25.2. The summed E-state index contributed by atoms with van der Waals surface area (Å²) < 4.78 is 51.9. The van der Waals surface area contributed by atoms with E-state index in [1.807, 2.05) is 24.3 Å². The van der Waals surface area contributed by atoms with Gasteiger partial charge < -0.3 is 51.6 Å². The number of fused-ring (bicyclic) bond motifs is 1. The molecule has 2 atom stereocenters. The van der Waals surface area contributed by atoms with E-state index in [0.29, 0.717) is 53.1 Å². The van der Waals surface area contributed by atoms with Crippen molar-refractivity contribution >= 4 is 11.9 Å². The Bertz CT molecular complexity index is 1890. The molecule has 13 nitrogen and oxygen atoms in total. The molecule has 0 N–H and O–H groups in total. The first kappa shape index (κ1) is 44.0. The number of hydrogen-bond acceptors (Lipinski definition) is 11. The average molecular weight is 807 g/mol. The zero-order chi connectivity index (χ0) is 41.7. The van der Waals surface area contributed by atoms with Gasteiger partial charge in [0, 0.05) is 56.2 Å². The van der Waals surface area contributed by atoms with Crippen LogP contribution in [0.5, 0.6) is 40.2 Å². The van der Waals surface area contributed by atoms with Crippen LogP contribution < -0.4 is 33.2 Å². The molecule has 0 spiro atoms. The normalized spacial score (nSPS) is 18.2. The minimum absolute atomic E-state index is 0.0863. The molecule has 0 aromatic heterocycles. The molecule has 13 heteroatoms. The molecule has 0 bridgehead atoms. The molecule has 0 aliphatic carbocycles. The first-order chi connectivity index (χ1) is 28.1. The van der Waals surface area contributed by atoms with Crippen molar-refractivity contribution in [1.29, 1.82) is 0 Å². The number of benzene rings is 3. The quantitative estimate of drug-likeness (QED) is 0.0525. The lowest BCUT2D eigenvalue weighted by molar-refractivity contribution is -0.941. The van der Waals surface area contributed by atoms with Crippen molar-refractivity contribution in [2.45, 2.75) is 51.1 Å². The fourth-order valence-corrected chi connectivity index (χ4v) is 8.68. The maximum atomic E-state index is 12.6. The molecule has 0 amide bonds.